The number of aromatic amines is 1. The van der Waals surface area contributed by atoms with Crippen LogP contribution in [0.2, 0.25) is 0 Å². The molecule has 8 heteroatoms. The molecule has 0 amide bonds. The molecular weight excluding hydrogens is 510 g/mol. The second-order valence-electron chi connectivity index (χ2n) is 9.27. The Bertz CT molecular complexity index is 1480. The second-order valence-corrected chi connectivity index (χ2v) is 9.66. The van der Waals surface area contributed by atoms with Crippen LogP contribution >= 0.6 is 12.2 Å². The number of fused-ring (bicyclic) bond motifs is 1. The molecular formula is C31H35N3O4S. The number of methoxy groups -OCH3 is 3. The summed E-state index contributed by atoms with van der Waals surface area (Å²) >= 11 is 5.84. The molecule has 2 N–H and O–H groups in total. The van der Waals surface area contributed by atoms with Crippen molar-refractivity contribution in [1.29, 1.82) is 0 Å². The number of benzene rings is 3. The van der Waals surface area contributed by atoms with Gasteiger partial charge in [-0.05, 0) is 89.6 Å². The molecule has 3 aromatic carbocycles. The maximum absolute atomic E-state index is 13.0. The predicted octanol–water partition coefficient (Wildman–Crippen LogP) is 5.24. The molecule has 0 aliphatic carbocycles. The highest BCUT2D eigenvalue weighted by atomic mass is 32.1. The number of hydrogen-bond donors (Lipinski definition) is 2. The highest BCUT2D eigenvalue weighted by Gasteiger charge is 2.15. The topological polar surface area (TPSA) is 75.8 Å². The third kappa shape index (κ3) is 7.09. The van der Waals surface area contributed by atoms with Gasteiger partial charge in [0.05, 0.1) is 27.9 Å². The predicted molar refractivity (Wildman–Crippen MR) is 160 cm³/mol. The van der Waals surface area contributed by atoms with Gasteiger partial charge in [0.15, 0.2) is 16.6 Å². The maximum atomic E-state index is 13.0. The first-order chi connectivity index (χ1) is 18.9. The first-order valence-corrected chi connectivity index (χ1v) is 13.4. The summed E-state index contributed by atoms with van der Waals surface area (Å²) in [5.41, 5.74) is 4.77. The van der Waals surface area contributed by atoms with E-state index in [0.717, 1.165) is 40.6 Å². The molecule has 0 bridgehead atoms. The second kappa shape index (κ2) is 13.2. The summed E-state index contributed by atoms with van der Waals surface area (Å²) in [6, 6.07) is 21.9. The van der Waals surface area contributed by atoms with Gasteiger partial charge in [-0.3, -0.25) is 4.79 Å². The Morgan fingerprint density at radius 1 is 0.846 bits per heavy atom. The van der Waals surface area contributed by atoms with Gasteiger partial charge >= 0.3 is 0 Å². The van der Waals surface area contributed by atoms with Crippen LogP contribution in [-0.4, -0.2) is 42.9 Å². The fraction of sp³-hybridized carbons (Fsp3) is 0.290. The van der Waals surface area contributed by atoms with Crippen molar-refractivity contribution >= 4 is 28.2 Å². The van der Waals surface area contributed by atoms with E-state index in [-0.39, 0.29) is 5.56 Å². The monoisotopic (exact) mass is 545 g/mol. The Labute approximate surface area is 234 Å². The van der Waals surface area contributed by atoms with Crippen LogP contribution in [0.5, 0.6) is 17.2 Å². The number of nitrogens with zero attached hydrogens (tertiary/aromatic N) is 1. The van der Waals surface area contributed by atoms with Crippen molar-refractivity contribution in [2.75, 3.05) is 27.9 Å². The van der Waals surface area contributed by atoms with Crippen LogP contribution < -0.4 is 25.1 Å². The van der Waals surface area contributed by atoms with Crippen LogP contribution in [0.1, 0.15) is 29.2 Å². The zero-order valence-corrected chi connectivity index (χ0v) is 23.7. The SMILES string of the molecule is CCc1ccc2[nH]c(=O)c(CN(Cc3ccc(OC)cc3)C(=S)NCCc3ccc(OC)c(OC)c3)cc2c1. The number of aryl methyl sites for hydroxylation is 1. The Morgan fingerprint density at radius 3 is 2.26 bits per heavy atom. The van der Waals surface area contributed by atoms with E-state index in [1.807, 2.05) is 65.6 Å². The fourth-order valence-corrected chi connectivity index (χ4v) is 4.69. The first-order valence-electron chi connectivity index (χ1n) is 13.0. The number of H-pyrrole nitrogens is 1. The third-order valence-corrected chi connectivity index (χ3v) is 7.12. The Morgan fingerprint density at radius 2 is 1.56 bits per heavy atom. The molecule has 0 fully saturated rings. The number of hydrogen-bond acceptors (Lipinski definition) is 5. The Balaban J connectivity index is 1.53. The quantitative estimate of drug-likeness (QED) is 0.250. The summed E-state index contributed by atoms with van der Waals surface area (Å²) < 4.78 is 16.1. The van der Waals surface area contributed by atoms with E-state index in [0.29, 0.717) is 41.8 Å². The number of pyridine rings is 1. The summed E-state index contributed by atoms with van der Waals surface area (Å²) in [6.45, 7) is 3.66. The fourth-order valence-electron chi connectivity index (χ4n) is 4.46. The molecule has 0 unspecified atom stereocenters. The molecule has 39 heavy (non-hydrogen) atoms. The molecule has 204 valence electrons. The molecule has 7 nitrogen and oxygen atoms in total. The lowest BCUT2D eigenvalue weighted by Gasteiger charge is -2.26. The van der Waals surface area contributed by atoms with Gasteiger partial charge in [0.25, 0.3) is 5.56 Å². The highest BCUT2D eigenvalue weighted by Crippen LogP contribution is 2.27. The molecule has 1 aromatic heterocycles. The average molecular weight is 546 g/mol. The van der Waals surface area contributed by atoms with Crippen molar-refractivity contribution in [2.24, 2.45) is 0 Å². The summed E-state index contributed by atoms with van der Waals surface area (Å²) in [5, 5.41) is 4.98. The molecule has 0 spiro atoms. The van der Waals surface area contributed by atoms with Crippen molar-refractivity contribution in [3.63, 3.8) is 0 Å². The molecule has 1 heterocycles. The van der Waals surface area contributed by atoms with E-state index in [4.69, 9.17) is 26.4 Å². The minimum Gasteiger partial charge on any atom is -0.497 e. The van der Waals surface area contributed by atoms with E-state index in [1.165, 1.54) is 5.56 Å². The van der Waals surface area contributed by atoms with Gasteiger partial charge in [0, 0.05) is 24.2 Å². The Kier molecular flexibility index (Phi) is 9.44. The maximum Gasteiger partial charge on any atom is 0.253 e. The van der Waals surface area contributed by atoms with Crippen LogP contribution in [0, 0.1) is 0 Å². The van der Waals surface area contributed by atoms with E-state index in [2.05, 4.69) is 23.3 Å². The van der Waals surface area contributed by atoms with Gasteiger partial charge in [-0.15, -0.1) is 0 Å². The van der Waals surface area contributed by atoms with Crippen molar-refractivity contribution in [2.45, 2.75) is 32.9 Å². The number of aromatic nitrogens is 1. The zero-order chi connectivity index (χ0) is 27.8. The van der Waals surface area contributed by atoms with Gasteiger partial charge < -0.3 is 29.4 Å². The largest absolute Gasteiger partial charge is 0.497 e. The van der Waals surface area contributed by atoms with Gasteiger partial charge in [0.2, 0.25) is 0 Å². The zero-order valence-electron chi connectivity index (χ0n) is 22.9. The molecule has 4 aromatic rings. The van der Waals surface area contributed by atoms with Gasteiger partial charge in [-0.1, -0.05) is 31.2 Å². The van der Waals surface area contributed by atoms with Gasteiger partial charge in [0.1, 0.15) is 5.75 Å². The summed E-state index contributed by atoms with van der Waals surface area (Å²) in [5.74, 6) is 2.18. The Hall–Kier alpha value is -4.04. The molecule has 0 atom stereocenters. The number of rotatable bonds is 11. The lowest BCUT2D eigenvalue weighted by molar-refractivity contribution is 0.354. The standard InChI is InChI=1S/C31H35N3O4S/c1-5-21-8-12-27-24(16-21)18-25(30(35)33-27)20-34(19-23-6-10-26(36-2)11-7-23)31(39)32-15-14-22-9-13-28(37-3)29(17-22)38-4/h6-13,16-18H,5,14-15,19-20H2,1-4H3,(H,32,39)(H,33,35). The molecule has 0 saturated carbocycles. The minimum absolute atomic E-state index is 0.111. The number of nitrogens with one attached hydrogen (secondary N) is 2. The smallest absolute Gasteiger partial charge is 0.253 e. The van der Waals surface area contributed by atoms with E-state index in [9.17, 15) is 4.79 Å². The van der Waals surface area contributed by atoms with E-state index in [1.54, 1.807) is 21.3 Å². The first kappa shape index (κ1) is 28.0. The van der Waals surface area contributed by atoms with Crippen LogP contribution in [0.15, 0.2) is 71.5 Å². The van der Waals surface area contributed by atoms with Gasteiger partial charge in [-0.2, -0.15) is 0 Å². The van der Waals surface area contributed by atoms with Gasteiger partial charge in [-0.25, -0.2) is 0 Å². The van der Waals surface area contributed by atoms with Crippen molar-refractivity contribution in [3.8, 4) is 17.2 Å². The molecule has 0 saturated heterocycles. The van der Waals surface area contributed by atoms with Crippen molar-refractivity contribution in [1.82, 2.24) is 15.2 Å². The van der Waals surface area contributed by atoms with Crippen LogP contribution in [0.3, 0.4) is 0 Å². The number of thiocarbonyl (C=S) groups is 1. The molecule has 4 rings (SSSR count). The third-order valence-electron chi connectivity index (χ3n) is 6.71. The van der Waals surface area contributed by atoms with E-state index >= 15 is 0 Å². The molecule has 0 aliphatic heterocycles. The lowest BCUT2D eigenvalue weighted by Crippen LogP contribution is -2.40. The van der Waals surface area contributed by atoms with E-state index < -0.39 is 0 Å². The highest BCUT2D eigenvalue weighted by molar-refractivity contribution is 7.80. The van der Waals surface area contributed by atoms with Crippen molar-refractivity contribution < 1.29 is 14.2 Å². The van der Waals surface area contributed by atoms with Crippen LogP contribution in [0.4, 0.5) is 0 Å². The lowest BCUT2D eigenvalue weighted by atomic mass is 10.1. The number of ether oxygens (including phenoxy) is 3. The average Bonchev–Trinajstić information content (AvgIpc) is 2.97. The summed E-state index contributed by atoms with van der Waals surface area (Å²) in [7, 11) is 4.90. The van der Waals surface area contributed by atoms with Crippen molar-refractivity contribution in [3.05, 3.63) is 99.3 Å². The summed E-state index contributed by atoms with van der Waals surface area (Å²) in [6.07, 6.45) is 1.68. The van der Waals surface area contributed by atoms with Crippen LogP contribution in [0.25, 0.3) is 10.9 Å². The molecule has 0 aliphatic rings. The normalized spacial score (nSPS) is 10.8. The summed E-state index contributed by atoms with van der Waals surface area (Å²) in [4.78, 5) is 18.1. The minimum atomic E-state index is -0.111. The molecule has 0 radical (unpaired) electrons. The van der Waals surface area contributed by atoms with Crippen LogP contribution in [-0.2, 0) is 25.9 Å².